The number of esters is 1. The number of hydrazone groups is 1. The topological polar surface area (TPSA) is 114 Å². The molecule has 0 saturated heterocycles. The van der Waals surface area contributed by atoms with Gasteiger partial charge in [-0.05, 0) is 45.0 Å². The van der Waals surface area contributed by atoms with Crippen molar-refractivity contribution in [3.8, 4) is 34.5 Å². The quantitative estimate of drug-likeness (QED) is 0.215. The minimum Gasteiger partial charge on any atom is -0.493 e. The lowest BCUT2D eigenvalue weighted by Gasteiger charge is -2.16. The number of ether oxygens (including phenoxy) is 6. The molecule has 0 aliphatic carbocycles. The van der Waals surface area contributed by atoms with E-state index in [4.69, 9.17) is 28.4 Å². The van der Waals surface area contributed by atoms with E-state index in [0.29, 0.717) is 42.6 Å². The highest BCUT2D eigenvalue weighted by molar-refractivity contribution is 5.96. The molecule has 10 heteroatoms. The van der Waals surface area contributed by atoms with Gasteiger partial charge in [0, 0.05) is 18.1 Å². The third-order valence-corrected chi connectivity index (χ3v) is 4.28. The molecule has 2 aromatic rings. The van der Waals surface area contributed by atoms with Crippen LogP contribution in [0.5, 0.6) is 34.5 Å². The number of rotatable bonds is 12. The first-order valence-electron chi connectivity index (χ1n) is 10.7. The van der Waals surface area contributed by atoms with E-state index in [1.54, 1.807) is 24.3 Å². The van der Waals surface area contributed by atoms with Gasteiger partial charge in [-0.3, -0.25) is 9.59 Å². The van der Waals surface area contributed by atoms with Crippen molar-refractivity contribution >= 4 is 18.1 Å². The Balaban J connectivity index is 2.29. The minimum absolute atomic E-state index is 0.153. The SMILES string of the molecule is CCOc1cc(C(=O)N/N=C/c2cc(OC)c(OC(C)=O)c(OC)c2)cc(OCC)c1OCC. The molecule has 0 heterocycles. The van der Waals surface area contributed by atoms with Gasteiger partial charge in [-0.1, -0.05) is 0 Å². The zero-order chi connectivity index (χ0) is 25.1. The summed E-state index contributed by atoms with van der Waals surface area (Å²) < 4.78 is 32.7. The van der Waals surface area contributed by atoms with Gasteiger partial charge >= 0.3 is 5.97 Å². The van der Waals surface area contributed by atoms with E-state index < -0.39 is 11.9 Å². The van der Waals surface area contributed by atoms with Gasteiger partial charge in [0.15, 0.2) is 23.0 Å². The zero-order valence-electron chi connectivity index (χ0n) is 20.2. The van der Waals surface area contributed by atoms with Crippen molar-refractivity contribution in [3.05, 3.63) is 35.4 Å². The predicted octanol–water partition coefficient (Wildman–Crippen LogP) is 3.59. The van der Waals surface area contributed by atoms with Crippen LogP contribution in [-0.4, -0.2) is 52.1 Å². The van der Waals surface area contributed by atoms with Crippen LogP contribution < -0.4 is 33.8 Å². The molecule has 0 atom stereocenters. The van der Waals surface area contributed by atoms with Crippen LogP contribution in [0, 0.1) is 0 Å². The molecule has 0 bridgehead atoms. The Labute approximate surface area is 198 Å². The third kappa shape index (κ3) is 6.77. The molecule has 1 amide bonds. The van der Waals surface area contributed by atoms with Crippen LogP contribution in [0.2, 0.25) is 0 Å². The van der Waals surface area contributed by atoms with Crippen molar-refractivity contribution in [2.75, 3.05) is 34.0 Å². The molecule has 1 N–H and O–H groups in total. The van der Waals surface area contributed by atoms with E-state index in [1.165, 1.54) is 27.4 Å². The number of hydrogen-bond donors (Lipinski definition) is 1. The normalized spacial score (nSPS) is 10.5. The summed E-state index contributed by atoms with van der Waals surface area (Å²) in [6.45, 7) is 8.00. The number of hydrogen-bond acceptors (Lipinski definition) is 9. The van der Waals surface area contributed by atoms with Gasteiger partial charge in [-0.25, -0.2) is 5.43 Å². The standard InChI is InChI=1S/C24H30N2O8/c1-7-31-20-12-17(13-21(32-8-2)22(20)33-9-3)24(28)26-25-14-16-10-18(29-5)23(34-15(4)27)19(11-16)30-6/h10-14H,7-9H2,1-6H3,(H,26,28)/b25-14+. The summed E-state index contributed by atoms with van der Waals surface area (Å²) in [4.78, 5) is 24.1. The average Bonchev–Trinajstić information content (AvgIpc) is 2.81. The first-order valence-corrected chi connectivity index (χ1v) is 10.7. The van der Waals surface area contributed by atoms with Gasteiger partial charge in [0.1, 0.15) is 0 Å². The fourth-order valence-corrected chi connectivity index (χ4v) is 2.97. The highest BCUT2D eigenvalue weighted by Crippen LogP contribution is 2.39. The summed E-state index contributed by atoms with van der Waals surface area (Å²) in [5, 5.41) is 4.01. The number of amides is 1. The average molecular weight is 475 g/mol. The first-order chi connectivity index (χ1) is 16.4. The molecule has 0 aromatic heterocycles. The molecule has 0 unspecified atom stereocenters. The molecule has 2 rings (SSSR count). The van der Waals surface area contributed by atoms with Crippen molar-refractivity contribution in [2.24, 2.45) is 5.10 Å². The number of carbonyl (C=O) groups excluding carboxylic acids is 2. The Kier molecular flexibility index (Phi) is 10.0. The van der Waals surface area contributed by atoms with Crippen molar-refractivity contribution < 1.29 is 38.0 Å². The Hall–Kier alpha value is -3.95. The number of benzene rings is 2. The lowest BCUT2D eigenvalue weighted by Crippen LogP contribution is -2.18. The van der Waals surface area contributed by atoms with Gasteiger partial charge < -0.3 is 28.4 Å². The van der Waals surface area contributed by atoms with Crippen molar-refractivity contribution in [3.63, 3.8) is 0 Å². The lowest BCUT2D eigenvalue weighted by atomic mass is 10.1. The van der Waals surface area contributed by atoms with Gasteiger partial charge in [-0.15, -0.1) is 0 Å². The molecule has 0 aliphatic rings. The highest BCUT2D eigenvalue weighted by Gasteiger charge is 2.19. The molecule has 0 aliphatic heterocycles. The molecule has 10 nitrogen and oxygen atoms in total. The minimum atomic E-state index is -0.515. The predicted molar refractivity (Wildman–Crippen MR) is 126 cm³/mol. The van der Waals surface area contributed by atoms with Crippen molar-refractivity contribution in [1.29, 1.82) is 0 Å². The number of methoxy groups -OCH3 is 2. The van der Waals surface area contributed by atoms with E-state index >= 15 is 0 Å². The van der Waals surface area contributed by atoms with Crippen molar-refractivity contribution in [2.45, 2.75) is 27.7 Å². The molecule has 2 aromatic carbocycles. The van der Waals surface area contributed by atoms with Crippen LogP contribution in [0.3, 0.4) is 0 Å². The number of carbonyl (C=O) groups is 2. The van der Waals surface area contributed by atoms with Crippen LogP contribution in [0.4, 0.5) is 0 Å². The maximum Gasteiger partial charge on any atom is 0.308 e. The second-order valence-corrected chi connectivity index (χ2v) is 6.65. The third-order valence-electron chi connectivity index (χ3n) is 4.28. The Morgan fingerprint density at radius 3 is 1.79 bits per heavy atom. The molecule has 0 radical (unpaired) electrons. The summed E-state index contributed by atoms with van der Waals surface area (Å²) >= 11 is 0. The second-order valence-electron chi connectivity index (χ2n) is 6.65. The van der Waals surface area contributed by atoms with E-state index in [2.05, 4.69) is 10.5 Å². The van der Waals surface area contributed by atoms with E-state index in [-0.39, 0.29) is 22.8 Å². The number of nitrogens with one attached hydrogen (secondary N) is 1. The van der Waals surface area contributed by atoms with Crippen LogP contribution in [0.1, 0.15) is 43.6 Å². The Bertz CT molecular complexity index is 984. The zero-order valence-corrected chi connectivity index (χ0v) is 20.2. The highest BCUT2D eigenvalue weighted by atomic mass is 16.6. The van der Waals surface area contributed by atoms with Gasteiger partial charge in [0.2, 0.25) is 11.5 Å². The molecule has 0 spiro atoms. The van der Waals surface area contributed by atoms with Crippen LogP contribution in [0.25, 0.3) is 0 Å². The fourth-order valence-electron chi connectivity index (χ4n) is 2.97. The van der Waals surface area contributed by atoms with Crippen LogP contribution in [0.15, 0.2) is 29.4 Å². The fraction of sp³-hybridized carbons (Fsp3) is 0.375. The molecule has 0 saturated carbocycles. The van der Waals surface area contributed by atoms with Gasteiger partial charge in [-0.2, -0.15) is 5.10 Å². The molecule has 34 heavy (non-hydrogen) atoms. The summed E-state index contributed by atoms with van der Waals surface area (Å²) in [6.07, 6.45) is 1.40. The van der Waals surface area contributed by atoms with Crippen LogP contribution >= 0.6 is 0 Å². The summed E-state index contributed by atoms with van der Waals surface area (Å²) in [5.74, 6) is 0.960. The van der Waals surface area contributed by atoms with E-state index in [1.807, 2.05) is 20.8 Å². The lowest BCUT2D eigenvalue weighted by molar-refractivity contribution is -0.132. The maximum absolute atomic E-state index is 12.8. The molecular formula is C24H30N2O8. The second kappa shape index (κ2) is 12.9. The smallest absolute Gasteiger partial charge is 0.308 e. The summed E-state index contributed by atoms with van der Waals surface area (Å²) in [5.41, 5.74) is 3.30. The van der Waals surface area contributed by atoms with E-state index in [9.17, 15) is 9.59 Å². The first kappa shape index (κ1) is 26.3. The monoisotopic (exact) mass is 474 g/mol. The summed E-state index contributed by atoms with van der Waals surface area (Å²) in [7, 11) is 2.87. The van der Waals surface area contributed by atoms with Crippen molar-refractivity contribution in [1.82, 2.24) is 5.43 Å². The maximum atomic E-state index is 12.8. The van der Waals surface area contributed by atoms with Gasteiger partial charge in [0.05, 0.1) is 40.3 Å². The molecule has 0 fully saturated rings. The molecule has 184 valence electrons. The Morgan fingerprint density at radius 1 is 0.824 bits per heavy atom. The largest absolute Gasteiger partial charge is 0.493 e. The van der Waals surface area contributed by atoms with Crippen LogP contribution in [-0.2, 0) is 4.79 Å². The number of nitrogens with zero attached hydrogens (tertiary/aromatic N) is 1. The Morgan fingerprint density at radius 2 is 1.35 bits per heavy atom. The molecular weight excluding hydrogens is 444 g/mol. The van der Waals surface area contributed by atoms with E-state index in [0.717, 1.165) is 0 Å². The van der Waals surface area contributed by atoms with Gasteiger partial charge in [0.25, 0.3) is 5.91 Å². The summed E-state index contributed by atoms with van der Waals surface area (Å²) in [6, 6.07) is 6.32.